The molecule has 0 amide bonds. The van der Waals surface area contributed by atoms with Crippen LogP contribution in [0.25, 0.3) is 5.69 Å². The summed E-state index contributed by atoms with van der Waals surface area (Å²) in [4.78, 5) is 0. The molecule has 0 radical (unpaired) electrons. The first-order valence-corrected chi connectivity index (χ1v) is 6.17. The highest BCUT2D eigenvalue weighted by molar-refractivity contribution is 5.39. The summed E-state index contributed by atoms with van der Waals surface area (Å²) in [6, 6.07) is 13.1. The molecule has 1 N–H and O–H groups in total. The lowest BCUT2D eigenvalue weighted by Gasteiger charge is -2.10. The van der Waals surface area contributed by atoms with Crippen molar-refractivity contribution in [2.24, 2.45) is 0 Å². The zero-order chi connectivity index (χ0) is 12.3. The van der Waals surface area contributed by atoms with E-state index in [4.69, 9.17) is 0 Å². The summed E-state index contributed by atoms with van der Waals surface area (Å²) < 4.78 is 2.27. The molecule has 2 aromatic rings. The van der Waals surface area contributed by atoms with Crippen LogP contribution < -0.4 is 5.32 Å². The Morgan fingerprint density at radius 3 is 2.06 bits per heavy atom. The van der Waals surface area contributed by atoms with Gasteiger partial charge in [0.1, 0.15) is 0 Å². The van der Waals surface area contributed by atoms with Gasteiger partial charge >= 0.3 is 0 Å². The summed E-state index contributed by atoms with van der Waals surface area (Å²) in [7, 11) is 0. The van der Waals surface area contributed by atoms with Crippen LogP contribution in [0, 0.1) is 13.8 Å². The molecule has 0 aliphatic carbocycles. The number of nitrogens with one attached hydrogen (secondary N) is 1. The third kappa shape index (κ3) is 2.59. The standard InChI is InChI=1S/C15H20N2/c1-4-16-11-14-7-9-15(10-8-14)17-12(2)5-6-13(17)3/h5-10,16H,4,11H2,1-3H3. The maximum absolute atomic E-state index is 3.33. The maximum Gasteiger partial charge on any atom is 0.0455 e. The summed E-state index contributed by atoms with van der Waals surface area (Å²) >= 11 is 0. The van der Waals surface area contributed by atoms with E-state index >= 15 is 0 Å². The highest BCUT2D eigenvalue weighted by Crippen LogP contribution is 2.16. The average molecular weight is 228 g/mol. The van der Waals surface area contributed by atoms with Crippen molar-refractivity contribution in [1.82, 2.24) is 9.88 Å². The van der Waals surface area contributed by atoms with Crippen molar-refractivity contribution >= 4 is 0 Å². The third-order valence-corrected chi connectivity index (χ3v) is 3.04. The monoisotopic (exact) mass is 228 g/mol. The number of aromatic nitrogens is 1. The van der Waals surface area contributed by atoms with Gasteiger partial charge in [-0.3, -0.25) is 0 Å². The summed E-state index contributed by atoms with van der Waals surface area (Å²) in [6.07, 6.45) is 0. The zero-order valence-electron chi connectivity index (χ0n) is 10.8. The van der Waals surface area contributed by atoms with Crippen LogP contribution in [0.4, 0.5) is 0 Å². The molecule has 2 nitrogen and oxygen atoms in total. The van der Waals surface area contributed by atoms with Gasteiger partial charge in [0.25, 0.3) is 0 Å². The first-order valence-electron chi connectivity index (χ1n) is 6.17. The van der Waals surface area contributed by atoms with E-state index in [0.717, 1.165) is 13.1 Å². The minimum absolute atomic E-state index is 0.945. The van der Waals surface area contributed by atoms with Crippen molar-refractivity contribution < 1.29 is 0 Å². The Morgan fingerprint density at radius 2 is 1.53 bits per heavy atom. The number of nitrogens with zero attached hydrogens (tertiary/aromatic N) is 1. The minimum Gasteiger partial charge on any atom is -0.319 e. The number of hydrogen-bond donors (Lipinski definition) is 1. The van der Waals surface area contributed by atoms with E-state index in [0.29, 0.717) is 0 Å². The van der Waals surface area contributed by atoms with Crippen LogP contribution in [0.5, 0.6) is 0 Å². The maximum atomic E-state index is 3.33. The molecule has 0 saturated carbocycles. The Balaban J connectivity index is 2.23. The summed E-state index contributed by atoms with van der Waals surface area (Å²) in [5.41, 5.74) is 5.13. The fourth-order valence-electron chi connectivity index (χ4n) is 2.11. The Labute approximate surface area is 103 Å². The molecular formula is C15H20N2. The van der Waals surface area contributed by atoms with Gasteiger partial charge in [-0.1, -0.05) is 19.1 Å². The van der Waals surface area contributed by atoms with Gasteiger partial charge < -0.3 is 9.88 Å². The fraction of sp³-hybridized carbons (Fsp3) is 0.333. The van der Waals surface area contributed by atoms with Gasteiger partial charge in [-0.05, 0) is 50.2 Å². The first kappa shape index (κ1) is 11.9. The van der Waals surface area contributed by atoms with Crippen molar-refractivity contribution in [2.75, 3.05) is 6.54 Å². The molecular weight excluding hydrogens is 208 g/mol. The molecule has 1 heterocycles. The molecule has 1 aromatic carbocycles. The second-order valence-corrected chi connectivity index (χ2v) is 4.40. The van der Waals surface area contributed by atoms with Crippen molar-refractivity contribution in [3.63, 3.8) is 0 Å². The highest BCUT2D eigenvalue weighted by atomic mass is 15.0. The zero-order valence-corrected chi connectivity index (χ0v) is 10.8. The van der Waals surface area contributed by atoms with Crippen LogP contribution in [-0.4, -0.2) is 11.1 Å². The molecule has 0 aliphatic rings. The van der Waals surface area contributed by atoms with E-state index in [1.807, 2.05) is 0 Å². The van der Waals surface area contributed by atoms with Gasteiger partial charge in [0.05, 0.1) is 0 Å². The van der Waals surface area contributed by atoms with Crippen LogP contribution in [0.3, 0.4) is 0 Å². The van der Waals surface area contributed by atoms with Gasteiger partial charge in [0.15, 0.2) is 0 Å². The number of aryl methyl sites for hydroxylation is 2. The van der Waals surface area contributed by atoms with E-state index in [2.05, 4.69) is 67.1 Å². The predicted molar refractivity (Wildman–Crippen MR) is 72.6 cm³/mol. The largest absolute Gasteiger partial charge is 0.319 e. The predicted octanol–water partition coefficient (Wildman–Crippen LogP) is 3.20. The normalized spacial score (nSPS) is 10.8. The lowest BCUT2D eigenvalue weighted by molar-refractivity contribution is 0.726. The van der Waals surface area contributed by atoms with Crippen LogP contribution in [0.15, 0.2) is 36.4 Å². The van der Waals surface area contributed by atoms with Crippen LogP contribution in [0.1, 0.15) is 23.9 Å². The molecule has 90 valence electrons. The molecule has 0 fully saturated rings. The molecule has 2 heteroatoms. The molecule has 0 spiro atoms. The number of hydrogen-bond acceptors (Lipinski definition) is 1. The molecule has 1 aromatic heterocycles. The molecule has 0 unspecified atom stereocenters. The minimum atomic E-state index is 0.945. The smallest absolute Gasteiger partial charge is 0.0455 e. The highest BCUT2D eigenvalue weighted by Gasteiger charge is 2.03. The summed E-state index contributed by atoms with van der Waals surface area (Å²) in [6.45, 7) is 8.36. The topological polar surface area (TPSA) is 17.0 Å². The van der Waals surface area contributed by atoms with Crippen molar-refractivity contribution in [3.8, 4) is 5.69 Å². The summed E-state index contributed by atoms with van der Waals surface area (Å²) in [5.74, 6) is 0. The Bertz CT molecular complexity index is 461. The van der Waals surface area contributed by atoms with Gasteiger partial charge in [-0.2, -0.15) is 0 Å². The van der Waals surface area contributed by atoms with Gasteiger partial charge in [-0.15, -0.1) is 0 Å². The van der Waals surface area contributed by atoms with E-state index in [1.54, 1.807) is 0 Å². The lowest BCUT2D eigenvalue weighted by Crippen LogP contribution is -2.11. The van der Waals surface area contributed by atoms with Crippen molar-refractivity contribution in [1.29, 1.82) is 0 Å². The SMILES string of the molecule is CCNCc1ccc(-n2c(C)ccc2C)cc1. The van der Waals surface area contributed by atoms with E-state index in [1.165, 1.54) is 22.6 Å². The lowest BCUT2D eigenvalue weighted by atomic mass is 10.2. The molecule has 17 heavy (non-hydrogen) atoms. The second kappa shape index (κ2) is 5.19. The Hall–Kier alpha value is -1.54. The average Bonchev–Trinajstić information content (AvgIpc) is 2.67. The van der Waals surface area contributed by atoms with E-state index in [9.17, 15) is 0 Å². The number of benzene rings is 1. The quantitative estimate of drug-likeness (QED) is 0.850. The second-order valence-electron chi connectivity index (χ2n) is 4.40. The van der Waals surface area contributed by atoms with Crippen LogP contribution in [-0.2, 0) is 6.54 Å². The van der Waals surface area contributed by atoms with Gasteiger partial charge in [-0.25, -0.2) is 0 Å². The molecule has 0 saturated heterocycles. The van der Waals surface area contributed by atoms with Crippen LogP contribution in [0.2, 0.25) is 0 Å². The number of rotatable bonds is 4. The van der Waals surface area contributed by atoms with Gasteiger partial charge in [0.2, 0.25) is 0 Å². The van der Waals surface area contributed by atoms with Gasteiger partial charge in [0, 0.05) is 23.6 Å². The molecule has 0 aliphatic heterocycles. The summed E-state index contributed by atoms with van der Waals surface area (Å²) in [5, 5.41) is 3.33. The van der Waals surface area contributed by atoms with Crippen molar-refractivity contribution in [2.45, 2.75) is 27.3 Å². The molecule has 0 bridgehead atoms. The van der Waals surface area contributed by atoms with Crippen molar-refractivity contribution in [3.05, 3.63) is 53.3 Å². The Kier molecular flexibility index (Phi) is 3.64. The first-order chi connectivity index (χ1) is 8.22. The Morgan fingerprint density at radius 1 is 0.941 bits per heavy atom. The van der Waals surface area contributed by atoms with Crippen LogP contribution >= 0.6 is 0 Å². The van der Waals surface area contributed by atoms with E-state index < -0.39 is 0 Å². The molecule has 0 atom stereocenters. The molecule has 2 rings (SSSR count). The fourth-order valence-corrected chi connectivity index (χ4v) is 2.11. The van der Waals surface area contributed by atoms with E-state index in [-0.39, 0.29) is 0 Å². The third-order valence-electron chi connectivity index (χ3n) is 3.04.